The second-order valence-corrected chi connectivity index (χ2v) is 6.13. The van der Waals surface area contributed by atoms with Gasteiger partial charge in [-0.3, -0.25) is 9.59 Å². The minimum atomic E-state index is -0.250. The Labute approximate surface area is 144 Å². The van der Waals surface area contributed by atoms with Crippen molar-refractivity contribution in [3.63, 3.8) is 0 Å². The lowest BCUT2D eigenvalue weighted by atomic mass is 10.1. The second-order valence-electron chi connectivity index (χ2n) is 5.27. The normalized spacial score (nSPS) is 10.2. The Morgan fingerprint density at radius 1 is 1.04 bits per heavy atom. The Kier molecular flexibility index (Phi) is 5.93. The molecule has 2 amide bonds. The van der Waals surface area contributed by atoms with Crippen molar-refractivity contribution in [3.8, 4) is 0 Å². The molecule has 2 N–H and O–H groups in total. The van der Waals surface area contributed by atoms with E-state index in [9.17, 15) is 9.59 Å². The fourth-order valence-corrected chi connectivity index (χ4v) is 2.65. The predicted octanol–water partition coefficient (Wildman–Crippen LogP) is 4.15. The number of halogens is 1. The van der Waals surface area contributed by atoms with Gasteiger partial charge in [-0.1, -0.05) is 19.1 Å². The summed E-state index contributed by atoms with van der Waals surface area (Å²) in [4.78, 5) is 24.4. The van der Waals surface area contributed by atoms with Crippen molar-refractivity contribution in [1.29, 1.82) is 0 Å². The van der Waals surface area contributed by atoms with E-state index >= 15 is 0 Å². The first-order valence-electron chi connectivity index (χ1n) is 7.47. The van der Waals surface area contributed by atoms with Gasteiger partial charge in [-0.2, -0.15) is 0 Å². The van der Waals surface area contributed by atoms with Gasteiger partial charge in [-0.25, -0.2) is 0 Å². The van der Waals surface area contributed by atoms with Crippen LogP contribution in [0.1, 0.15) is 39.6 Å². The Bertz CT molecular complexity index is 729. The van der Waals surface area contributed by atoms with E-state index in [1.807, 2.05) is 32.0 Å². The summed E-state index contributed by atoms with van der Waals surface area (Å²) in [7, 11) is 0. The minimum Gasteiger partial charge on any atom is -0.352 e. The molecule has 23 heavy (non-hydrogen) atoms. The summed E-state index contributed by atoms with van der Waals surface area (Å²) in [5.74, 6) is -0.419. The molecule has 0 fully saturated rings. The van der Waals surface area contributed by atoms with E-state index < -0.39 is 0 Å². The number of carbonyl (C=O) groups is 2. The Balaban J connectivity index is 2.15. The first-order chi connectivity index (χ1) is 11.0. The van der Waals surface area contributed by atoms with Gasteiger partial charge in [-0.15, -0.1) is 0 Å². The Hall–Kier alpha value is -2.14. The molecule has 0 spiro atoms. The highest BCUT2D eigenvalue weighted by Crippen LogP contribution is 2.24. The molecule has 0 aliphatic rings. The molecular weight excluding hydrogens is 356 g/mol. The van der Waals surface area contributed by atoms with E-state index in [0.717, 1.165) is 16.5 Å². The van der Waals surface area contributed by atoms with Crippen molar-refractivity contribution >= 4 is 33.4 Å². The molecule has 0 aliphatic heterocycles. The molecular formula is C18H19BrN2O2. The SMILES string of the molecule is CCCNC(=O)c1cccc(C(=O)Nc2ccc(C)cc2Br)c1. The van der Waals surface area contributed by atoms with Gasteiger partial charge in [0.15, 0.2) is 0 Å². The highest BCUT2D eigenvalue weighted by molar-refractivity contribution is 9.10. The summed E-state index contributed by atoms with van der Waals surface area (Å²) in [5, 5.41) is 5.65. The van der Waals surface area contributed by atoms with Crippen molar-refractivity contribution in [3.05, 3.63) is 63.6 Å². The van der Waals surface area contributed by atoms with Gasteiger partial charge in [0.05, 0.1) is 5.69 Å². The van der Waals surface area contributed by atoms with Gasteiger partial charge in [0.1, 0.15) is 0 Å². The van der Waals surface area contributed by atoms with E-state index in [0.29, 0.717) is 23.4 Å². The zero-order valence-electron chi connectivity index (χ0n) is 13.2. The van der Waals surface area contributed by atoms with Crippen LogP contribution in [0.25, 0.3) is 0 Å². The molecule has 0 radical (unpaired) electrons. The zero-order chi connectivity index (χ0) is 16.8. The first kappa shape index (κ1) is 17.2. The smallest absolute Gasteiger partial charge is 0.255 e. The summed E-state index contributed by atoms with van der Waals surface area (Å²) in [6, 6.07) is 12.4. The third-order valence-electron chi connectivity index (χ3n) is 3.30. The van der Waals surface area contributed by atoms with Crippen LogP contribution in [0, 0.1) is 6.92 Å². The number of hydrogen-bond donors (Lipinski definition) is 2. The van der Waals surface area contributed by atoms with Gasteiger partial charge in [-0.05, 0) is 65.2 Å². The predicted molar refractivity (Wildman–Crippen MR) is 95.9 cm³/mol. The standard InChI is InChI=1S/C18H19BrN2O2/c1-3-9-20-17(22)13-5-4-6-14(11-13)18(23)21-16-8-7-12(2)10-15(16)19/h4-8,10-11H,3,9H2,1-2H3,(H,20,22)(H,21,23). The summed E-state index contributed by atoms with van der Waals surface area (Å²) < 4.78 is 0.822. The molecule has 2 aromatic carbocycles. The quantitative estimate of drug-likeness (QED) is 0.825. The zero-order valence-corrected chi connectivity index (χ0v) is 14.7. The Morgan fingerprint density at radius 2 is 1.74 bits per heavy atom. The van der Waals surface area contributed by atoms with Crippen LogP contribution < -0.4 is 10.6 Å². The molecule has 5 heteroatoms. The van der Waals surface area contributed by atoms with E-state index in [4.69, 9.17) is 0 Å². The Morgan fingerprint density at radius 3 is 2.39 bits per heavy atom. The number of carbonyl (C=O) groups excluding carboxylic acids is 2. The number of rotatable bonds is 5. The number of amides is 2. The lowest BCUT2D eigenvalue weighted by Gasteiger charge is -2.09. The van der Waals surface area contributed by atoms with Crippen molar-refractivity contribution in [2.45, 2.75) is 20.3 Å². The summed E-state index contributed by atoms with van der Waals surface area (Å²) in [6.07, 6.45) is 0.868. The van der Waals surface area contributed by atoms with Crippen LogP contribution in [0.4, 0.5) is 5.69 Å². The highest BCUT2D eigenvalue weighted by Gasteiger charge is 2.11. The number of anilines is 1. The van der Waals surface area contributed by atoms with Gasteiger partial charge >= 0.3 is 0 Å². The first-order valence-corrected chi connectivity index (χ1v) is 8.26. The van der Waals surface area contributed by atoms with E-state index in [1.54, 1.807) is 24.3 Å². The third kappa shape index (κ3) is 4.66. The molecule has 0 aliphatic carbocycles. The molecule has 0 saturated carbocycles. The summed E-state index contributed by atoms with van der Waals surface area (Å²) in [5.41, 5.74) is 2.72. The van der Waals surface area contributed by atoms with Crippen LogP contribution in [-0.2, 0) is 0 Å². The number of hydrogen-bond acceptors (Lipinski definition) is 2. The molecule has 2 rings (SSSR count). The molecule has 0 bridgehead atoms. The summed E-state index contributed by atoms with van der Waals surface area (Å²) >= 11 is 3.44. The molecule has 120 valence electrons. The number of aryl methyl sites for hydroxylation is 1. The van der Waals surface area contributed by atoms with Crippen LogP contribution in [0.15, 0.2) is 46.9 Å². The third-order valence-corrected chi connectivity index (χ3v) is 3.95. The van der Waals surface area contributed by atoms with Crippen LogP contribution >= 0.6 is 15.9 Å². The van der Waals surface area contributed by atoms with Crippen LogP contribution in [0.2, 0.25) is 0 Å². The fraction of sp³-hybridized carbons (Fsp3) is 0.222. The molecule has 0 heterocycles. The topological polar surface area (TPSA) is 58.2 Å². The van der Waals surface area contributed by atoms with Crippen molar-refractivity contribution in [2.24, 2.45) is 0 Å². The van der Waals surface area contributed by atoms with Gasteiger partial charge in [0.25, 0.3) is 11.8 Å². The number of nitrogens with one attached hydrogen (secondary N) is 2. The monoisotopic (exact) mass is 374 g/mol. The van der Waals surface area contributed by atoms with Crippen molar-refractivity contribution in [1.82, 2.24) is 5.32 Å². The molecule has 4 nitrogen and oxygen atoms in total. The molecule has 0 atom stereocenters. The molecule has 2 aromatic rings. The lowest BCUT2D eigenvalue weighted by molar-refractivity contribution is 0.0953. The average Bonchev–Trinajstić information content (AvgIpc) is 2.55. The lowest BCUT2D eigenvalue weighted by Crippen LogP contribution is -2.24. The fourth-order valence-electron chi connectivity index (χ4n) is 2.06. The van der Waals surface area contributed by atoms with Crippen LogP contribution in [0.5, 0.6) is 0 Å². The van der Waals surface area contributed by atoms with Crippen molar-refractivity contribution in [2.75, 3.05) is 11.9 Å². The summed E-state index contributed by atoms with van der Waals surface area (Å²) in [6.45, 7) is 4.59. The van der Waals surface area contributed by atoms with Gasteiger partial charge in [0.2, 0.25) is 0 Å². The maximum Gasteiger partial charge on any atom is 0.255 e. The van der Waals surface area contributed by atoms with E-state index in [1.165, 1.54) is 0 Å². The largest absolute Gasteiger partial charge is 0.352 e. The molecule has 0 saturated heterocycles. The van der Waals surface area contributed by atoms with Crippen molar-refractivity contribution < 1.29 is 9.59 Å². The van der Waals surface area contributed by atoms with E-state index in [2.05, 4.69) is 26.6 Å². The van der Waals surface area contributed by atoms with Gasteiger partial charge in [0, 0.05) is 22.1 Å². The number of benzene rings is 2. The highest BCUT2D eigenvalue weighted by atomic mass is 79.9. The molecule has 0 unspecified atom stereocenters. The molecule has 0 aromatic heterocycles. The average molecular weight is 375 g/mol. The van der Waals surface area contributed by atoms with Gasteiger partial charge < -0.3 is 10.6 Å². The van der Waals surface area contributed by atoms with E-state index in [-0.39, 0.29) is 11.8 Å². The van der Waals surface area contributed by atoms with Crippen LogP contribution in [-0.4, -0.2) is 18.4 Å². The second kappa shape index (κ2) is 7.92. The maximum absolute atomic E-state index is 12.4. The van der Waals surface area contributed by atoms with Crippen LogP contribution in [0.3, 0.4) is 0 Å². The minimum absolute atomic E-state index is 0.169. The maximum atomic E-state index is 12.4.